The third-order valence-corrected chi connectivity index (χ3v) is 5.75. The van der Waals surface area contributed by atoms with Crippen molar-refractivity contribution in [2.45, 2.75) is 58.7 Å². The normalized spacial score (nSPS) is 17.9. The van der Waals surface area contributed by atoms with Crippen LogP contribution in [0.25, 0.3) is 0 Å². The molecule has 0 bridgehead atoms. The highest BCUT2D eigenvalue weighted by Gasteiger charge is 2.24. The van der Waals surface area contributed by atoms with Crippen molar-refractivity contribution < 1.29 is 9.53 Å². The molecule has 31 heavy (non-hydrogen) atoms. The van der Waals surface area contributed by atoms with E-state index in [-0.39, 0.29) is 30.1 Å². The van der Waals surface area contributed by atoms with Crippen molar-refractivity contribution in [2.75, 3.05) is 39.3 Å². The summed E-state index contributed by atoms with van der Waals surface area (Å²) in [6.45, 7) is 10.8. The van der Waals surface area contributed by atoms with Crippen LogP contribution in [0.4, 0.5) is 4.79 Å². The second-order valence-electron chi connectivity index (χ2n) is 8.10. The molecule has 2 N–H and O–H groups in total. The van der Waals surface area contributed by atoms with E-state index in [1.807, 2.05) is 6.92 Å². The number of hydrogen-bond donors (Lipinski definition) is 2. The molecule has 2 aliphatic rings. The Balaban J connectivity index is 0.00000341. The number of amides is 1. The van der Waals surface area contributed by atoms with E-state index in [1.165, 1.54) is 37.1 Å². The van der Waals surface area contributed by atoms with Gasteiger partial charge in [-0.2, -0.15) is 0 Å². The molecule has 3 rings (SSSR count). The number of likely N-dealkylation sites (tertiary alicyclic amines) is 2. The Morgan fingerprint density at radius 3 is 2.32 bits per heavy atom. The summed E-state index contributed by atoms with van der Waals surface area (Å²) in [5.74, 6) is 0.841. The van der Waals surface area contributed by atoms with Gasteiger partial charge in [0.15, 0.2) is 5.96 Å². The van der Waals surface area contributed by atoms with Crippen molar-refractivity contribution in [1.82, 2.24) is 20.4 Å². The van der Waals surface area contributed by atoms with Crippen LogP contribution >= 0.6 is 24.0 Å². The largest absolute Gasteiger partial charge is 0.450 e. The van der Waals surface area contributed by atoms with Crippen LogP contribution in [-0.2, 0) is 17.8 Å². The summed E-state index contributed by atoms with van der Waals surface area (Å²) in [4.78, 5) is 20.9. The average molecular weight is 543 g/mol. The maximum Gasteiger partial charge on any atom is 0.409 e. The Morgan fingerprint density at radius 2 is 1.71 bits per heavy atom. The molecule has 1 aromatic rings. The summed E-state index contributed by atoms with van der Waals surface area (Å²) in [5.41, 5.74) is 2.59. The quantitative estimate of drug-likeness (QED) is 0.313. The standard InChI is InChI=1S/C23H37N5O2.HI/c1-3-24-22(26-21-11-15-28(16-12-21)23(29)30-4-2)25-17-19-7-9-20(10-8-19)18-27-13-5-6-14-27;/h7-10,21H,3-6,11-18H2,1-2H3,(H2,24,25,26);1H. The topological polar surface area (TPSA) is 69.2 Å². The van der Waals surface area contributed by atoms with E-state index in [0.29, 0.717) is 32.3 Å². The second kappa shape index (κ2) is 13.8. The van der Waals surface area contributed by atoms with Crippen LogP contribution in [0.5, 0.6) is 0 Å². The van der Waals surface area contributed by atoms with E-state index in [0.717, 1.165) is 31.9 Å². The highest BCUT2D eigenvalue weighted by Crippen LogP contribution is 2.14. The Hall–Kier alpha value is -1.55. The number of nitrogens with zero attached hydrogens (tertiary/aromatic N) is 3. The Kier molecular flexibility index (Phi) is 11.4. The lowest BCUT2D eigenvalue weighted by Crippen LogP contribution is -2.49. The molecule has 2 fully saturated rings. The zero-order chi connectivity index (χ0) is 21.2. The van der Waals surface area contributed by atoms with Crippen LogP contribution in [0.3, 0.4) is 0 Å². The van der Waals surface area contributed by atoms with Crippen LogP contribution < -0.4 is 10.6 Å². The van der Waals surface area contributed by atoms with E-state index < -0.39 is 0 Å². The van der Waals surface area contributed by atoms with Gasteiger partial charge in [0, 0.05) is 32.2 Å². The van der Waals surface area contributed by atoms with Gasteiger partial charge < -0.3 is 20.3 Å². The molecule has 0 radical (unpaired) electrons. The van der Waals surface area contributed by atoms with E-state index in [9.17, 15) is 4.79 Å². The van der Waals surface area contributed by atoms with Gasteiger partial charge in [0.25, 0.3) is 0 Å². The van der Waals surface area contributed by atoms with E-state index in [4.69, 9.17) is 9.73 Å². The molecule has 8 heteroatoms. The van der Waals surface area contributed by atoms with Crippen LogP contribution in [-0.4, -0.2) is 67.2 Å². The molecule has 1 aromatic carbocycles. The fraction of sp³-hybridized carbons (Fsp3) is 0.652. The molecule has 174 valence electrons. The molecule has 2 heterocycles. The first-order valence-corrected chi connectivity index (χ1v) is 11.4. The smallest absolute Gasteiger partial charge is 0.409 e. The maximum atomic E-state index is 11.9. The lowest BCUT2D eigenvalue weighted by Gasteiger charge is -2.32. The number of rotatable bonds is 7. The summed E-state index contributed by atoms with van der Waals surface area (Å²) in [5, 5.41) is 6.87. The van der Waals surface area contributed by atoms with Crippen molar-refractivity contribution in [3.63, 3.8) is 0 Å². The first-order valence-electron chi connectivity index (χ1n) is 11.4. The fourth-order valence-corrected chi connectivity index (χ4v) is 4.05. The first kappa shape index (κ1) is 25.7. The van der Waals surface area contributed by atoms with E-state index in [1.54, 1.807) is 4.90 Å². The van der Waals surface area contributed by atoms with Gasteiger partial charge in [0.05, 0.1) is 13.2 Å². The summed E-state index contributed by atoms with van der Waals surface area (Å²) in [6, 6.07) is 9.16. The van der Waals surface area contributed by atoms with Crippen LogP contribution in [0, 0.1) is 0 Å². The van der Waals surface area contributed by atoms with Gasteiger partial charge >= 0.3 is 6.09 Å². The van der Waals surface area contributed by atoms with E-state index in [2.05, 4.69) is 46.7 Å². The van der Waals surface area contributed by atoms with Crippen molar-refractivity contribution in [1.29, 1.82) is 0 Å². The minimum Gasteiger partial charge on any atom is -0.450 e. The second-order valence-corrected chi connectivity index (χ2v) is 8.10. The molecular formula is C23H38IN5O2. The molecule has 2 aliphatic heterocycles. The number of halogens is 1. The minimum atomic E-state index is -0.204. The molecule has 0 unspecified atom stereocenters. The summed E-state index contributed by atoms with van der Waals surface area (Å²) >= 11 is 0. The molecule has 0 saturated carbocycles. The molecule has 1 amide bonds. The van der Waals surface area contributed by atoms with Crippen molar-refractivity contribution in [3.8, 4) is 0 Å². The molecular weight excluding hydrogens is 505 g/mol. The Bertz CT molecular complexity index is 684. The zero-order valence-electron chi connectivity index (χ0n) is 18.9. The van der Waals surface area contributed by atoms with Gasteiger partial charge in [-0.1, -0.05) is 24.3 Å². The van der Waals surface area contributed by atoms with Crippen molar-refractivity contribution in [3.05, 3.63) is 35.4 Å². The Morgan fingerprint density at radius 1 is 1.06 bits per heavy atom. The highest BCUT2D eigenvalue weighted by molar-refractivity contribution is 14.0. The lowest BCUT2D eigenvalue weighted by atomic mass is 10.1. The van der Waals surface area contributed by atoms with Crippen molar-refractivity contribution >= 4 is 36.0 Å². The third-order valence-electron chi connectivity index (χ3n) is 5.75. The highest BCUT2D eigenvalue weighted by atomic mass is 127. The number of benzene rings is 1. The number of guanidine groups is 1. The number of ether oxygens (including phenoxy) is 1. The van der Waals surface area contributed by atoms with Gasteiger partial charge in [-0.15, -0.1) is 24.0 Å². The average Bonchev–Trinajstić information content (AvgIpc) is 3.27. The fourth-order valence-electron chi connectivity index (χ4n) is 4.05. The van der Waals surface area contributed by atoms with Gasteiger partial charge in [-0.3, -0.25) is 4.90 Å². The molecule has 0 aromatic heterocycles. The number of nitrogens with one attached hydrogen (secondary N) is 2. The maximum absolute atomic E-state index is 11.9. The SMILES string of the molecule is CCNC(=NCc1ccc(CN2CCCC2)cc1)NC1CCN(C(=O)OCC)CC1.I. The number of hydrogen-bond acceptors (Lipinski definition) is 4. The summed E-state index contributed by atoms with van der Waals surface area (Å²) in [7, 11) is 0. The predicted octanol–water partition coefficient (Wildman–Crippen LogP) is 3.58. The molecule has 2 saturated heterocycles. The number of carbonyl (C=O) groups excluding carboxylic acids is 1. The van der Waals surface area contributed by atoms with Gasteiger partial charge in [0.1, 0.15) is 0 Å². The van der Waals surface area contributed by atoms with Gasteiger partial charge in [0.2, 0.25) is 0 Å². The van der Waals surface area contributed by atoms with Gasteiger partial charge in [-0.05, 0) is 63.7 Å². The number of carbonyl (C=O) groups is 1. The number of piperidine rings is 1. The lowest BCUT2D eigenvalue weighted by molar-refractivity contribution is 0.0963. The van der Waals surface area contributed by atoms with Crippen molar-refractivity contribution in [2.24, 2.45) is 4.99 Å². The third kappa shape index (κ3) is 8.48. The van der Waals surface area contributed by atoms with E-state index >= 15 is 0 Å². The van der Waals surface area contributed by atoms with Crippen LogP contribution in [0.2, 0.25) is 0 Å². The monoisotopic (exact) mass is 543 g/mol. The summed E-state index contributed by atoms with van der Waals surface area (Å²) < 4.78 is 5.10. The zero-order valence-corrected chi connectivity index (χ0v) is 21.3. The molecule has 0 spiro atoms. The van der Waals surface area contributed by atoms with Gasteiger partial charge in [-0.25, -0.2) is 9.79 Å². The number of aliphatic imine (C=N–C) groups is 1. The first-order chi connectivity index (χ1) is 14.7. The molecule has 0 atom stereocenters. The Labute approximate surface area is 204 Å². The van der Waals surface area contributed by atoms with Crippen LogP contribution in [0.15, 0.2) is 29.3 Å². The molecule has 7 nitrogen and oxygen atoms in total. The minimum absolute atomic E-state index is 0. The van der Waals surface area contributed by atoms with Crippen LogP contribution in [0.1, 0.15) is 50.7 Å². The summed E-state index contributed by atoms with van der Waals surface area (Å²) in [6.07, 6.45) is 4.25. The predicted molar refractivity (Wildman–Crippen MR) is 136 cm³/mol. The molecule has 0 aliphatic carbocycles.